The minimum Gasteiger partial charge on any atom is -0.744 e. The number of hydrogen-bond donors (Lipinski definition) is 0. The third-order valence-electron chi connectivity index (χ3n) is 2.72. The van der Waals surface area contributed by atoms with Crippen molar-refractivity contribution in [2.45, 2.75) is 44.4 Å². The van der Waals surface area contributed by atoms with Gasteiger partial charge in [-0.1, -0.05) is 44.9 Å². The van der Waals surface area contributed by atoms with E-state index in [0.717, 1.165) is 19.3 Å². The molecule has 1 aromatic carbocycles. The van der Waals surface area contributed by atoms with Crippen molar-refractivity contribution in [1.29, 1.82) is 0 Å². The molecule has 0 bridgehead atoms. The standard InChI is InChI=1S/C13H20O3S.K/c1-11(2)7-3-4-8-12-9-5-6-10-13(12)17(14,15)16;/h5-6,9-11H,3-4,7-8H2,1-2H3,(H,14,15,16);/q;+1/p-1. The maximum atomic E-state index is 11.0. The van der Waals surface area contributed by atoms with Crippen LogP contribution in [0.2, 0.25) is 0 Å². The second-order valence-electron chi connectivity index (χ2n) is 4.70. The van der Waals surface area contributed by atoms with Gasteiger partial charge in [0, 0.05) is 0 Å². The first-order valence-electron chi connectivity index (χ1n) is 5.95. The van der Waals surface area contributed by atoms with Gasteiger partial charge < -0.3 is 4.55 Å². The maximum Gasteiger partial charge on any atom is 1.00 e. The predicted molar refractivity (Wildman–Crippen MR) is 66.8 cm³/mol. The van der Waals surface area contributed by atoms with Gasteiger partial charge in [-0.2, -0.15) is 0 Å². The molecule has 0 aliphatic heterocycles. The summed E-state index contributed by atoms with van der Waals surface area (Å²) in [7, 11) is -4.34. The van der Waals surface area contributed by atoms with Crippen molar-refractivity contribution in [3.05, 3.63) is 29.8 Å². The molecule has 0 heterocycles. The van der Waals surface area contributed by atoms with Crippen LogP contribution in [0.5, 0.6) is 0 Å². The zero-order chi connectivity index (χ0) is 12.9. The maximum absolute atomic E-state index is 11.0. The van der Waals surface area contributed by atoms with Crippen molar-refractivity contribution >= 4 is 10.1 Å². The van der Waals surface area contributed by atoms with E-state index in [2.05, 4.69) is 13.8 Å². The normalized spacial score (nSPS) is 11.3. The summed E-state index contributed by atoms with van der Waals surface area (Å²) in [4.78, 5) is -0.0652. The molecule has 1 aromatic rings. The molecule has 0 atom stereocenters. The fourth-order valence-corrected chi connectivity index (χ4v) is 2.56. The van der Waals surface area contributed by atoms with Gasteiger partial charge in [-0.25, -0.2) is 8.42 Å². The Morgan fingerprint density at radius 1 is 1.17 bits per heavy atom. The molecule has 96 valence electrons. The van der Waals surface area contributed by atoms with Crippen molar-refractivity contribution in [2.24, 2.45) is 5.92 Å². The van der Waals surface area contributed by atoms with Crippen LogP contribution >= 0.6 is 0 Å². The number of rotatable bonds is 6. The summed E-state index contributed by atoms with van der Waals surface area (Å²) in [6.07, 6.45) is 3.77. The summed E-state index contributed by atoms with van der Waals surface area (Å²) in [6.45, 7) is 4.33. The Kier molecular flexibility index (Phi) is 9.22. The number of unbranched alkanes of at least 4 members (excludes halogenated alkanes) is 1. The topological polar surface area (TPSA) is 57.2 Å². The van der Waals surface area contributed by atoms with Crippen LogP contribution in [0, 0.1) is 5.92 Å². The van der Waals surface area contributed by atoms with Gasteiger partial charge in [-0.3, -0.25) is 0 Å². The van der Waals surface area contributed by atoms with Gasteiger partial charge in [0.05, 0.1) is 4.90 Å². The molecule has 0 fully saturated rings. The molecule has 0 aliphatic carbocycles. The molecule has 5 heteroatoms. The Morgan fingerprint density at radius 2 is 1.78 bits per heavy atom. The second-order valence-corrected chi connectivity index (χ2v) is 6.05. The first-order chi connectivity index (χ1) is 7.91. The molecule has 3 nitrogen and oxygen atoms in total. The Bertz CT molecular complexity index is 455. The first kappa shape index (κ1) is 18.8. The Hall–Kier alpha value is 0.766. The molecule has 0 radical (unpaired) electrons. The van der Waals surface area contributed by atoms with Crippen molar-refractivity contribution < 1.29 is 64.4 Å². The van der Waals surface area contributed by atoms with Crippen molar-refractivity contribution in [3.8, 4) is 0 Å². The number of benzene rings is 1. The average Bonchev–Trinajstić information content (AvgIpc) is 2.23. The summed E-state index contributed by atoms with van der Waals surface area (Å²) >= 11 is 0. The van der Waals surface area contributed by atoms with Crippen molar-refractivity contribution in [1.82, 2.24) is 0 Å². The first-order valence-corrected chi connectivity index (χ1v) is 7.36. The molecule has 0 unspecified atom stereocenters. The van der Waals surface area contributed by atoms with E-state index in [1.165, 1.54) is 6.07 Å². The third kappa shape index (κ3) is 6.79. The van der Waals surface area contributed by atoms with Crippen molar-refractivity contribution in [3.63, 3.8) is 0 Å². The smallest absolute Gasteiger partial charge is 0.744 e. The van der Waals surface area contributed by atoms with Gasteiger partial charge in [0.15, 0.2) is 0 Å². The molecule has 0 saturated carbocycles. The Morgan fingerprint density at radius 3 is 2.33 bits per heavy atom. The minimum absolute atomic E-state index is 0. The third-order valence-corrected chi connectivity index (χ3v) is 3.66. The molecule has 0 N–H and O–H groups in total. The van der Waals surface area contributed by atoms with Crippen LogP contribution in [0.4, 0.5) is 0 Å². The van der Waals surface area contributed by atoms with E-state index in [0.29, 0.717) is 17.9 Å². The molecule has 0 aliphatic rings. The quantitative estimate of drug-likeness (QED) is 0.420. The molecule has 0 spiro atoms. The van der Waals surface area contributed by atoms with E-state index < -0.39 is 10.1 Å². The van der Waals surface area contributed by atoms with Gasteiger partial charge in [-0.15, -0.1) is 0 Å². The van der Waals surface area contributed by atoms with Crippen LogP contribution in [0.3, 0.4) is 0 Å². The van der Waals surface area contributed by atoms with E-state index >= 15 is 0 Å². The largest absolute Gasteiger partial charge is 1.00 e. The second kappa shape index (κ2) is 8.84. The van der Waals surface area contributed by atoms with Crippen LogP contribution in [-0.4, -0.2) is 13.0 Å². The molecule has 0 amide bonds. The zero-order valence-electron chi connectivity index (χ0n) is 11.3. The SMILES string of the molecule is CC(C)CCCCc1ccccc1S(=O)(=O)[O-].[K+]. The fraction of sp³-hybridized carbons (Fsp3) is 0.538. The van der Waals surface area contributed by atoms with Crippen LogP contribution in [0.15, 0.2) is 29.2 Å². The van der Waals surface area contributed by atoms with Gasteiger partial charge >= 0.3 is 51.4 Å². The van der Waals surface area contributed by atoms with Gasteiger partial charge in [0.1, 0.15) is 10.1 Å². The van der Waals surface area contributed by atoms with Crippen molar-refractivity contribution in [2.75, 3.05) is 0 Å². The molecular formula is C13H19KO3S. The van der Waals surface area contributed by atoms with Crippen LogP contribution in [0.1, 0.15) is 38.7 Å². The van der Waals surface area contributed by atoms with Gasteiger partial charge in [0.25, 0.3) is 0 Å². The summed E-state index contributed by atoms with van der Waals surface area (Å²) < 4.78 is 33.1. The predicted octanol–water partition coefficient (Wildman–Crippen LogP) is -0.0365. The average molecular weight is 294 g/mol. The van der Waals surface area contributed by atoms with Gasteiger partial charge in [-0.05, 0) is 30.4 Å². The van der Waals surface area contributed by atoms with Crippen LogP contribution < -0.4 is 51.4 Å². The van der Waals surface area contributed by atoms with E-state index in [1.54, 1.807) is 18.2 Å². The molecule has 18 heavy (non-hydrogen) atoms. The molecule has 1 rings (SSSR count). The summed E-state index contributed by atoms with van der Waals surface area (Å²) in [5, 5.41) is 0. The van der Waals surface area contributed by atoms with E-state index in [9.17, 15) is 13.0 Å². The summed E-state index contributed by atoms with van der Waals surface area (Å²) in [5.41, 5.74) is 0.645. The monoisotopic (exact) mass is 294 g/mol. The fourth-order valence-electron chi connectivity index (χ4n) is 1.82. The van der Waals surface area contributed by atoms with E-state index in [-0.39, 0.29) is 56.3 Å². The van der Waals surface area contributed by atoms with E-state index in [4.69, 9.17) is 0 Å². The Balaban J connectivity index is 0.00000289. The molecule has 0 saturated heterocycles. The van der Waals surface area contributed by atoms with E-state index in [1.807, 2.05) is 0 Å². The van der Waals surface area contributed by atoms with Crippen LogP contribution in [-0.2, 0) is 16.5 Å². The Labute approximate surface area is 153 Å². The van der Waals surface area contributed by atoms with Crippen LogP contribution in [0.25, 0.3) is 0 Å². The van der Waals surface area contributed by atoms with Gasteiger partial charge in [0.2, 0.25) is 0 Å². The molecular weight excluding hydrogens is 275 g/mol. The zero-order valence-corrected chi connectivity index (χ0v) is 15.3. The molecule has 0 aromatic heterocycles. The number of hydrogen-bond acceptors (Lipinski definition) is 3. The summed E-state index contributed by atoms with van der Waals surface area (Å²) in [6, 6.07) is 6.47. The number of aryl methyl sites for hydroxylation is 1. The minimum atomic E-state index is -4.34. The summed E-state index contributed by atoms with van der Waals surface area (Å²) in [5.74, 6) is 0.661.